The molecule has 0 unspecified atom stereocenters. The summed E-state index contributed by atoms with van der Waals surface area (Å²) < 4.78 is 0. The second kappa shape index (κ2) is 10.1. The molecular weight excluding hydrogens is 475 g/mol. The van der Waals surface area contributed by atoms with Gasteiger partial charge in [-0.1, -0.05) is 48.5 Å². The Labute approximate surface area is 190 Å². The maximum atomic E-state index is 12.0. The van der Waals surface area contributed by atoms with E-state index in [0.29, 0.717) is 19.5 Å². The van der Waals surface area contributed by atoms with E-state index in [1.807, 2.05) is 11.9 Å². The molecule has 0 spiro atoms. The first-order valence-corrected chi connectivity index (χ1v) is 10.1. The second-order valence-corrected chi connectivity index (χ2v) is 7.53. The summed E-state index contributed by atoms with van der Waals surface area (Å²) in [5.41, 5.74) is 5.25. The average Bonchev–Trinajstić information content (AvgIpc) is 3.14. The molecule has 0 atom stereocenters. The summed E-state index contributed by atoms with van der Waals surface area (Å²) in [6, 6.07) is 17.0. The normalized spacial score (nSPS) is 16.4. The van der Waals surface area contributed by atoms with Crippen LogP contribution >= 0.6 is 24.0 Å². The van der Waals surface area contributed by atoms with E-state index in [4.69, 9.17) is 0 Å². The lowest BCUT2D eigenvalue weighted by Gasteiger charge is -2.31. The number of benzene rings is 2. The highest BCUT2D eigenvalue weighted by atomic mass is 127. The highest BCUT2D eigenvalue weighted by Crippen LogP contribution is 2.20. The first-order chi connectivity index (χ1) is 13.7. The SMILES string of the molecule is CN=C(NCc1ccccc1CN1CCCC1=O)N1CCc2ccccc2C1.I. The molecule has 2 aromatic carbocycles. The smallest absolute Gasteiger partial charge is 0.222 e. The van der Waals surface area contributed by atoms with Crippen molar-refractivity contribution in [1.82, 2.24) is 15.1 Å². The summed E-state index contributed by atoms with van der Waals surface area (Å²) in [5, 5.41) is 3.54. The van der Waals surface area contributed by atoms with Crippen molar-refractivity contribution in [1.29, 1.82) is 0 Å². The lowest BCUT2D eigenvalue weighted by Crippen LogP contribution is -2.43. The predicted octanol–water partition coefficient (Wildman–Crippen LogP) is 3.56. The number of aliphatic imine (C=N–C) groups is 1. The van der Waals surface area contributed by atoms with Gasteiger partial charge in [0.15, 0.2) is 5.96 Å². The number of likely N-dealkylation sites (tertiary alicyclic amines) is 1. The molecule has 1 fully saturated rings. The van der Waals surface area contributed by atoms with Crippen LogP contribution in [-0.4, -0.2) is 41.8 Å². The van der Waals surface area contributed by atoms with Gasteiger partial charge in [-0.25, -0.2) is 0 Å². The van der Waals surface area contributed by atoms with Crippen molar-refractivity contribution in [2.45, 2.75) is 38.9 Å². The molecule has 0 saturated carbocycles. The summed E-state index contributed by atoms with van der Waals surface area (Å²) in [6.45, 7) is 4.14. The van der Waals surface area contributed by atoms with E-state index in [0.717, 1.165) is 38.4 Å². The molecule has 0 aromatic heterocycles. The molecule has 0 bridgehead atoms. The molecule has 0 radical (unpaired) electrons. The fraction of sp³-hybridized carbons (Fsp3) is 0.391. The van der Waals surface area contributed by atoms with Gasteiger partial charge >= 0.3 is 0 Å². The first kappa shape index (κ1) is 21.6. The zero-order chi connectivity index (χ0) is 19.3. The maximum Gasteiger partial charge on any atom is 0.222 e. The van der Waals surface area contributed by atoms with E-state index in [2.05, 4.69) is 63.7 Å². The van der Waals surface area contributed by atoms with Crippen molar-refractivity contribution in [3.05, 3.63) is 70.8 Å². The molecule has 2 heterocycles. The summed E-state index contributed by atoms with van der Waals surface area (Å²) in [6.07, 6.45) is 2.70. The van der Waals surface area contributed by atoms with Crippen molar-refractivity contribution >= 4 is 35.8 Å². The lowest BCUT2D eigenvalue weighted by molar-refractivity contribution is -0.128. The Bertz CT molecular complexity index is 883. The van der Waals surface area contributed by atoms with Crippen LogP contribution in [0.1, 0.15) is 35.1 Å². The van der Waals surface area contributed by atoms with Gasteiger partial charge < -0.3 is 15.1 Å². The largest absolute Gasteiger partial charge is 0.352 e. The maximum absolute atomic E-state index is 12.0. The molecule has 2 aliphatic heterocycles. The van der Waals surface area contributed by atoms with E-state index in [1.54, 1.807) is 0 Å². The Kier molecular flexibility index (Phi) is 7.52. The molecule has 1 saturated heterocycles. The van der Waals surface area contributed by atoms with Gasteiger partial charge in [-0.05, 0) is 35.1 Å². The molecule has 29 heavy (non-hydrogen) atoms. The number of guanidine groups is 1. The fourth-order valence-corrected chi connectivity index (χ4v) is 4.14. The zero-order valence-electron chi connectivity index (χ0n) is 16.9. The number of rotatable bonds is 4. The summed E-state index contributed by atoms with van der Waals surface area (Å²) >= 11 is 0. The molecule has 4 rings (SSSR count). The average molecular weight is 504 g/mol. The van der Waals surface area contributed by atoms with Crippen LogP contribution in [0.4, 0.5) is 0 Å². The number of carbonyl (C=O) groups is 1. The Morgan fingerprint density at radius 2 is 1.72 bits per heavy atom. The summed E-state index contributed by atoms with van der Waals surface area (Å²) in [7, 11) is 1.84. The van der Waals surface area contributed by atoms with Crippen molar-refractivity contribution in [2.75, 3.05) is 20.1 Å². The third kappa shape index (κ3) is 5.10. The van der Waals surface area contributed by atoms with Crippen LogP contribution in [0.25, 0.3) is 0 Å². The number of nitrogens with zero attached hydrogens (tertiary/aromatic N) is 3. The number of halogens is 1. The van der Waals surface area contributed by atoms with Crippen molar-refractivity contribution in [3.8, 4) is 0 Å². The van der Waals surface area contributed by atoms with E-state index in [9.17, 15) is 4.79 Å². The Morgan fingerprint density at radius 1 is 1.00 bits per heavy atom. The van der Waals surface area contributed by atoms with Gasteiger partial charge in [0.1, 0.15) is 0 Å². The fourth-order valence-electron chi connectivity index (χ4n) is 4.14. The van der Waals surface area contributed by atoms with Gasteiger partial charge in [-0.15, -0.1) is 24.0 Å². The number of amides is 1. The molecule has 154 valence electrons. The third-order valence-corrected chi connectivity index (χ3v) is 5.73. The summed E-state index contributed by atoms with van der Waals surface area (Å²) in [4.78, 5) is 20.8. The van der Waals surface area contributed by atoms with Crippen molar-refractivity contribution < 1.29 is 4.79 Å². The highest BCUT2D eigenvalue weighted by Gasteiger charge is 2.22. The van der Waals surface area contributed by atoms with Gasteiger partial charge in [-0.3, -0.25) is 9.79 Å². The molecule has 0 aliphatic carbocycles. The minimum absolute atomic E-state index is 0. The second-order valence-electron chi connectivity index (χ2n) is 7.53. The van der Waals surface area contributed by atoms with Gasteiger partial charge in [-0.2, -0.15) is 0 Å². The van der Waals surface area contributed by atoms with Crippen LogP contribution in [-0.2, 0) is 30.8 Å². The molecule has 1 amide bonds. The molecule has 5 nitrogen and oxygen atoms in total. The summed E-state index contributed by atoms with van der Waals surface area (Å²) in [5.74, 6) is 1.20. The number of nitrogens with one attached hydrogen (secondary N) is 1. The number of hydrogen-bond donors (Lipinski definition) is 1. The van der Waals surface area contributed by atoms with Gasteiger partial charge in [0, 0.05) is 46.2 Å². The number of carbonyl (C=O) groups excluding carboxylic acids is 1. The predicted molar refractivity (Wildman–Crippen MR) is 127 cm³/mol. The Morgan fingerprint density at radius 3 is 2.45 bits per heavy atom. The standard InChI is InChI=1S/C23H28N4O.HI/c1-24-23(27-14-12-18-7-2-4-9-20(18)17-27)25-15-19-8-3-5-10-21(19)16-26-13-6-11-22(26)28;/h2-5,7-10H,6,11-17H2,1H3,(H,24,25);1H. The van der Waals surface area contributed by atoms with Crippen LogP contribution in [0.15, 0.2) is 53.5 Å². The number of fused-ring (bicyclic) bond motifs is 1. The molecular formula is C23H29IN4O. The quantitative estimate of drug-likeness (QED) is 0.394. The highest BCUT2D eigenvalue weighted by molar-refractivity contribution is 14.0. The minimum atomic E-state index is 0. The van der Waals surface area contributed by atoms with Crippen LogP contribution < -0.4 is 5.32 Å². The van der Waals surface area contributed by atoms with E-state index >= 15 is 0 Å². The van der Waals surface area contributed by atoms with Crippen LogP contribution in [0.2, 0.25) is 0 Å². The van der Waals surface area contributed by atoms with Crippen LogP contribution in [0.3, 0.4) is 0 Å². The van der Waals surface area contributed by atoms with Gasteiger partial charge in [0.25, 0.3) is 0 Å². The number of hydrogen-bond acceptors (Lipinski definition) is 2. The Hall–Kier alpha value is -2.09. The van der Waals surface area contributed by atoms with E-state index < -0.39 is 0 Å². The third-order valence-electron chi connectivity index (χ3n) is 5.73. The molecule has 2 aliphatic rings. The Balaban J connectivity index is 0.00000240. The first-order valence-electron chi connectivity index (χ1n) is 10.1. The van der Waals surface area contributed by atoms with Crippen molar-refractivity contribution in [3.63, 3.8) is 0 Å². The van der Waals surface area contributed by atoms with E-state index in [1.165, 1.54) is 22.3 Å². The van der Waals surface area contributed by atoms with Gasteiger partial charge in [0.2, 0.25) is 5.91 Å². The molecule has 1 N–H and O–H groups in total. The monoisotopic (exact) mass is 504 g/mol. The van der Waals surface area contributed by atoms with Crippen LogP contribution in [0.5, 0.6) is 0 Å². The minimum Gasteiger partial charge on any atom is -0.352 e. The van der Waals surface area contributed by atoms with Gasteiger partial charge in [0.05, 0.1) is 0 Å². The van der Waals surface area contributed by atoms with Crippen LogP contribution in [0, 0.1) is 0 Å². The molecule has 2 aromatic rings. The van der Waals surface area contributed by atoms with E-state index in [-0.39, 0.29) is 29.9 Å². The lowest BCUT2D eigenvalue weighted by atomic mass is 10.0. The molecule has 6 heteroatoms. The zero-order valence-corrected chi connectivity index (χ0v) is 19.3. The topological polar surface area (TPSA) is 47.9 Å². The van der Waals surface area contributed by atoms with Crippen molar-refractivity contribution in [2.24, 2.45) is 4.99 Å².